The average Bonchev–Trinajstić information content (AvgIpc) is 2.47. The fraction of sp³-hybridized carbons (Fsp3) is 0.600. The lowest BCUT2D eigenvalue weighted by atomic mass is 10.2. The molecule has 0 spiro atoms. The molecule has 1 aromatic carbocycles. The quantitative estimate of drug-likeness (QED) is 0.799. The van der Waals surface area contributed by atoms with Crippen LogP contribution in [0.2, 0.25) is 0 Å². The van der Waals surface area contributed by atoms with Crippen molar-refractivity contribution in [2.45, 2.75) is 25.7 Å². The molecule has 1 saturated heterocycles. The van der Waals surface area contributed by atoms with Crippen LogP contribution >= 0.6 is 0 Å². The molecule has 2 atom stereocenters. The Bertz CT molecular complexity index is 397. The maximum absolute atomic E-state index is 9.19. The second kappa shape index (κ2) is 7.59. The molecule has 5 nitrogen and oxygen atoms in total. The maximum Gasteiger partial charge on any atom is 0.119 e. The van der Waals surface area contributed by atoms with E-state index in [0.29, 0.717) is 13.2 Å². The molecule has 0 bridgehead atoms. The van der Waals surface area contributed by atoms with Crippen LogP contribution in [0.5, 0.6) is 5.75 Å². The van der Waals surface area contributed by atoms with E-state index in [-0.39, 0.29) is 18.8 Å². The van der Waals surface area contributed by atoms with E-state index in [1.54, 1.807) is 0 Å². The third kappa shape index (κ3) is 4.45. The van der Waals surface area contributed by atoms with E-state index in [4.69, 9.17) is 15.2 Å². The summed E-state index contributed by atoms with van der Waals surface area (Å²) in [6, 6.07) is 7.85. The molecule has 1 aliphatic rings. The highest BCUT2D eigenvalue weighted by molar-refractivity contribution is 5.27. The minimum atomic E-state index is -0.0809. The van der Waals surface area contributed by atoms with E-state index in [1.165, 1.54) is 0 Å². The molecule has 0 amide bonds. The fourth-order valence-corrected chi connectivity index (χ4v) is 2.44. The summed E-state index contributed by atoms with van der Waals surface area (Å²) >= 11 is 0. The van der Waals surface area contributed by atoms with Crippen molar-refractivity contribution in [3.8, 4) is 5.75 Å². The van der Waals surface area contributed by atoms with Crippen molar-refractivity contribution in [3.05, 3.63) is 29.8 Å². The van der Waals surface area contributed by atoms with E-state index >= 15 is 0 Å². The van der Waals surface area contributed by atoms with Gasteiger partial charge in [-0.05, 0) is 24.6 Å². The molecule has 1 fully saturated rings. The van der Waals surface area contributed by atoms with Gasteiger partial charge in [0.2, 0.25) is 0 Å². The molecule has 3 N–H and O–H groups in total. The Kier molecular flexibility index (Phi) is 5.79. The number of aliphatic hydroxyl groups is 1. The molecule has 1 aromatic rings. The Hall–Kier alpha value is -1.14. The third-order valence-electron chi connectivity index (χ3n) is 3.44. The summed E-state index contributed by atoms with van der Waals surface area (Å²) in [7, 11) is 0. The second-order valence-corrected chi connectivity index (χ2v) is 5.21. The van der Waals surface area contributed by atoms with Gasteiger partial charge in [-0.3, -0.25) is 4.90 Å². The van der Waals surface area contributed by atoms with Gasteiger partial charge < -0.3 is 20.3 Å². The first kappa shape index (κ1) is 15.3. The molecule has 20 heavy (non-hydrogen) atoms. The highest BCUT2D eigenvalue weighted by Gasteiger charge is 2.24. The first-order valence-corrected chi connectivity index (χ1v) is 7.11. The van der Waals surface area contributed by atoms with E-state index in [0.717, 1.165) is 30.9 Å². The number of nitrogens with two attached hydrogens (primary N) is 1. The van der Waals surface area contributed by atoms with Crippen LogP contribution in [0.15, 0.2) is 24.3 Å². The minimum Gasteiger partial charge on any atom is -0.492 e. The molecule has 0 saturated carbocycles. The predicted molar refractivity (Wildman–Crippen MR) is 77.7 cm³/mol. The largest absolute Gasteiger partial charge is 0.492 e. The molecule has 1 aliphatic heterocycles. The van der Waals surface area contributed by atoms with Gasteiger partial charge in [-0.25, -0.2) is 0 Å². The van der Waals surface area contributed by atoms with Crippen molar-refractivity contribution in [1.29, 1.82) is 0 Å². The van der Waals surface area contributed by atoms with Gasteiger partial charge in [0.15, 0.2) is 0 Å². The smallest absolute Gasteiger partial charge is 0.119 e. The Morgan fingerprint density at radius 2 is 2.10 bits per heavy atom. The lowest BCUT2D eigenvalue weighted by molar-refractivity contribution is -0.0965. The Labute approximate surface area is 120 Å². The summed E-state index contributed by atoms with van der Waals surface area (Å²) in [5.41, 5.74) is 6.66. The first-order valence-electron chi connectivity index (χ1n) is 7.11. The van der Waals surface area contributed by atoms with Crippen LogP contribution in [-0.2, 0) is 11.3 Å². The molecule has 2 rings (SSSR count). The van der Waals surface area contributed by atoms with Crippen molar-refractivity contribution in [3.63, 3.8) is 0 Å². The van der Waals surface area contributed by atoms with Crippen LogP contribution in [0.4, 0.5) is 0 Å². The Morgan fingerprint density at radius 3 is 2.75 bits per heavy atom. The standard InChI is InChI=1S/C15H24N2O3/c1-12-9-17(10-15(11-18)20-12)6-7-19-14-4-2-13(8-16)3-5-14/h2-5,12,15,18H,6-11,16H2,1H3. The molecule has 5 heteroatoms. The van der Waals surface area contributed by atoms with Crippen molar-refractivity contribution in [2.75, 3.05) is 32.8 Å². The zero-order valence-electron chi connectivity index (χ0n) is 12.0. The van der Waals surface area contributed by atoms with E-state index < -0.39 is 0 Å². The SMILES string of the molecule is CC1CN(CCOc2ccc(CN)cc2)CC(CO)O1. The molecule has 0 radical (unpaired) electrons. The second-order valence-electron chi connectivity index (χ2n) is 5.21. The van der Waals surface area contributed by atoms with Gasteiger partial charge >= 0.3 is 0 Å². The molecular formula is C15H24N2O3. The van der Waals surface area contributed by atoms with Crippen LogP contribution in [0, 0.1) is 0 Å². The normalized spacial score (nSPS) is 23.8. The minimum absolute atomic E-state index is 0.0717. The fourth-order valence-electron chi connectivity index (χ4n) is 2.44. The molecular weight excluding hydrogens is 256 g/mol. The van der Waals surface area contributed by atoms with Crippen LogP contribution in [0.3, 0.4) is 0 Å². The topological polar surface area (TPSA) is 68.0 Å². The molecule has 112 valence electrons. The summed E-state index contributed by atoms with van der Waals surface area (Å²) in [4.78, 5) is 2.27. The van der Waals surface area contributed by atoms with Crippen molar-refractivity contribution in [1.82, 2.24) is 4.90 Å². The average molecular weight is 280 g/mol. The summed E-state index contributed by atoms with van der Waals surface area (Å²) in [6.45, 7) is 5.76. The Morgan fingerprint density at radius 1 is 1.35 bits per heavy atom. The third-order valence-corrected chi connectivity index (χ3v) is 3.44. The van der Waals surface area contributed by atoms with Gasteiger partial charge in [-0.15, -0.1) is 0 Å². The number of rotatable bonds is 6. The first-order chi connectivity index (χ1) is 9.71. The van der Waals surface area contributed by atoms with Gasteiger partial charge in [0.25, 0.3) is 0 Å². The van der Waals surface area contributed by atoms with Crippen LogP contribution < -0.4 is 10.5 Å². The van der Waals surface area contributed by atoms with Gasteiger partial charge in [0, 0.05) is 26.2 Å². The number of ether oxygens (including phenoxy) is 2. The highest BCUT2D eigenvalue weighted by Crippen LogP contribution is 2.13. The van der Waals surface area contributed by atoms with Gasteiger partial charge in [-0.1, -0.05) is 12.1 Å². The Balaban J connectivity index is 1.74. The lowest BCUT2D eigenvalue weighted by Crippen LogP contribution is -2.49. The predicted octanol–water partition coefficient (Wildman–Crippen LogP) is 0.606. The number of morpholine rings is 1. The van der Waals surface area contributed by atoms with Crippen molar-refractivity contribution in [2.24, 2.45) is 5.73 Å². The van der Waals surface area contributed by atoms with Gasteiger partial charge in [0.1, 0.15) is 12.4 Å². The number of hydrogen-bond acceptors (Lipinski definition) is 5. The zero-order chi connectivity index (χ0) is 14.4. The van der Waals surface area contributed by atoms with Crippen LogP contribution in [-0.4, -0.2) is 55.1 Å². The van der Waals surface area contributed by atoms with Crippen LogP contribution in [0.25, 0.3) is 0 Å². The highest BCUT2D eigenvalue weighted by atomic mass is 16.5. The number of benzene rings is 1. The van der Waals surface area contributed by atoms with E-state index in [9.17, 15) is 5.11 Å². The molecule has 0 aromatic heterocycles. The summed E-state index contributed by atoms with van der Waals surface area (Å²) in [5, 5.41) is 9.19. The zero-order valence-corrected chi connectivity index (χ0v) is 12.0. The van der Waals surface area contributed by atoms with Gasteiger partial charge in [0.05, 0.1) is 18.8 Å². The van der Waals surface area contributed by atoms with Gasteiger partial charge in [-0.2, -0.15) is 0 Å². The lowest BCUT2D eigenvalue weighted by Gasteiger charge is -2.35. The van der Waals surface area contributed by atoms with E-state index in [1.807, 2.05) is 31.2 Å². The summed E-state index contributed by atoms with van der Waals surface area (Å²) in [6.07, 6.45) is 0.0762. The summed E-state index contributed by atoms with van der Waals surface area (Å²) < 4.78 is 11.3. The molecule has 0 aliphatic carbocycles. The monoisotopic (exact) mass is 280 g/mol. The van der Waals surface area contributed by atoms with Crippen molar-refractivity contribution >= 4 is 0 Å². The maximum atomic E-state index is 9.19. The molecule has 1 heterocycles. The van der Waals surface area contributed by atoms with E-state index in [2.05, 4.69) is 4.90 Å². The van der Waals surface area contributed by atoms with Crippen LogP contribution in [0.1, 0.15) is 12.5 Å². The number of nitrogens with zero attached hydrogens (tertiary/aromatic N) is 1. The molecule has 2 unspecified atom stereocenters. The summed E-state index contributed by atoms with van der Waals surface area (Å²) in [5.74, 6) is 0.863. The number of aliphatic hydroxyl groups excluding tert-OH is 1. The van der Waals surface area contributed by atoms with Crippen molar-refractivity contribution < 1.29 is 14.6 Å². The number of hydrogen-bond donors (Lipinski definition) is 2.